The first-order valence-electron chi connectivity index (χ1n) is 8.66. The molecule has 1 fully saturated rings. The fourth-order valence-corrected chi connectivity index (χ4v) is 3.22. The summed E-state index contributed by atoms with van der Waals surface area (Å²) in [6.07, 6.45) is 0.945. The lowest BCUT2D eigenvalue weighted by Gasteiger charge is -2.34. The van der Waals surface area contributed by atoms with E-state index >= 15 is 0 Å². The number of ether oxygens (including phenoxy) is 1. The molecule has 0 spiro atoms. The summed E-state index contributed by atoms with van der Waals surface area (Å²) < 4.78 is 10.0. The van der Waals surface area contributed by atoms with Crippen molar-refractivity contribution < 1.29 is 13.9 Å². The second-order valence-corrected chi connectivity index (χ2v) is 6.40. The average molecular weight is 344 g/mol. The molecule has 25 heavy (non-hydrogen) atoms. The summed E-state index contributed by atoms with van der Waals surface area (Å²) in [6, 6.07) is 7.59. The molecular weight excluding hydrogens is 320 g/mol. The number of hydrogen-bond donors (Lipinski definition) is 0. The number of benzene rings is 1. The van der Waals surface area contributed by atoms with Crippen molar-refractivity contribution in [3.05, 3.63) is 45.8 Å². The van der Waals surface area contributed by atoms with Crippen LogP contribution in [0.1, 0.15) is 18.1 Å². The summed E-state index contributed by atoms with van der Waals surface area (Å²) in [5.74, 6) is -0.202. The fraction of sp³-hybridized carbons (Fsp3) is 0.474. The van der Waals surface area contributed by atoms with Crippen molar-refractivity contribution in [3.63, 3.8) is 0 Å². The molecule has 1 saturated heterocycles. The van der Waals surface area contributed by atoms with Gasteiger partial charge in [-0.2, -0.15) is 0 Å². The zero-order valence-electron chi connectivity index (χ0n) is 14.8. The van der Waals surface area contributed by atoms with E-state index in [2.05, 4.69) is 22.8 Å². The smallest absolute Gasteiger partial charge is 0.336 e. The van der Waals surface area contributed by atoms with Gasteiger partial charge in [-0.3, -0.25) is 14.6 Å². The van der Waals surface area contributed by atoms with Crippen LogP contribution in [-0.2, 0) is 22.5 Å². The van der Waals surface area contributed by atoms with Gasteiger partial charge in [-0.1, -0.05) is 13.0 Å². The van der Waals surface area contributed by atoms with E-state index in [0.29, 0.717) is 18.7 Å². The molecule has 0 atom stereocenters. The molecule has 1 aliphatic rings. The van der Waals surface area contributed by atoms with Gasteiger partial charge in [0.2, 0.25) is 0 Å². The van der Waals surface area contributed by atoms with Crippen LogP contribution in [-0.4, -0.2) is 55.6 Å². The number of rotatable bonds is 5. The first-order chi connectivity index (χ1) is 12.1. The minimum absolute atomic E-state index is 0.202. The highest BCUT2D eigenvalue weighted by Gasteiger charge is 2.20. The largest absolute Gasteiger partial charge is 0.468 e. The summed E-state index contributed by atoms with van der Waals surface area (Å²) in [7, 11) is 1.41. The van der Waals surface area contributed by atoms with Gasteiger partial charge in [0, 0.05) is 44.2 Å². The lowest BCUT2D eigenvalue weighted by atomic mass is 10.0. The summed E-state index contributed by atoms with van der Waals surface area (Å²) >= 11 is 0. The molecule has 0 aliphatic carbocycles. The molecule has 1 aliphatic heterocycles. The van der Waals surface area contributed by atoms with Gasteiger partial charge >= 0.3 is 11.6 Å². The Morgan fingerprint density at radius 1 is 1.16 bits per heavy atom. The molecule has 0 N–H and O–H groups in total. The molecule has 1 aromatic carbocycles. The molecule has 1 aromatic heterocycles. The molecule has 3 rings (SSSR count). The third-order valence-electron chi connectivity index (χ3n) is 4.74. The highest BCUT2D eigenvalue weighted by molar-refractivity contribution is 5.81. The number of carbonyl (C=O) groups excluding carboxylic acids is 1. The first-order valence-corrected chi connectivity index (χ1v) is 8.66. The van der Waals surface area contributed by atoms with Gasteiger partial charge in [-0.25, -0.2) is 4.79 Å². The minimum Gasteiger partial charge on any atom is -0.468 e. The number of piperazine rings is 1. The van der Waals surface area contributed by atoms with E-state index in [4.69, 9.17) is 9.15 Å². The Balaban J connectivity index is 1.73. The minimum atomic E-state index is -0.309. The molecule has 0 amide bonds. The van der Waals surface area contributed by atoms with E-state index in [1.165, 1.54) is 12.7 Å². The first kappa shape index (κ1) is 17.6. The van der Waals surface area contributed by atoms with Gasteiger partial charge < -0.3 is 9.15 Å². The van der Waals surface area contributed by atoms with Gasteiger partial charge in [0.1, 0.15) is 5.58 Å². The maximum absolute atomic E-state index is 11.9. The van der Waals surface area contributed by atoms with Crippen LogP contribution in [0.3, 0.4) is 0 Å². The SMILES string of the molecule is CCc1ccc2oc(=O)cc(CN3CCN(CC(=O)OC)CC3)c2c1. The Hall–Kier alpha value is -2.18. The van der Waals surface area contributed by atoms with Crippen molar-refractivity contribution >= 4 is 16.9 Å². The quantitative estimate of drug-likeness (QED) is 0.607. The zero-order valence-corrected chi connectivity index (χ0v) is 14.8. The molecule has 0 saturated carbocycles. The highest BCUT2D eigenvalue weighted by atomic mass is 16.5. The van der Waals surface area contributed by atoms with E-state index in [1.54, 1.807) is 6.07 Å². The number of methoxy groups -OCH3 is 1. The van der Waals surface area contributed by atoms with E-state index in [1.807, 2.05) is 12.1 Å². The number of fused-ring (bicyclic) bond motifs is 1. The van der Waals surface area contributed by atoms with Crippen LogP contribution in [0.15, 0.2) is 33.5 Å². The predicted octanol–water partition coefficient (Wildman–Crippen LogP) is 1.65. The van der Waals surface area contributed by atoms with E-state index < -0.39 is 0 Å². The monoisotopic (exact) mass is 344 g/mol. The molecule has 2 heterocycles. The lowest BCUT2D eigenvalue weighted by molar-refractivity contribution is -0.142. The van der Waals surface area contributed by atoms with Gasteiger partial charge in [0.05, 0.1) is 13.7 Å². The van der Waals surface area contributed by atoms with Crippen LogP contribution in [0.25, 0.3) is 11.0 Å². The number of hydrogen-bond acceptors (Lipinski definition) is 6. The molecule has 0 radical (unpaired) electrons. The van der Waals surface area contributed by atoms with E-state index in [-0.39, 0.29) is 11.6 Å². The summed E-state index contributed by atoms with van der Waals surface area (Å²) in [6.45, 7) is 6.49. The lowest BCUT2D eigenvalue weighted by Crippen LogP contribution is -2.47. The summed E-state index contributed by atoms with van der Waals surface area (Å²) in [4.78, 5) is 27.6. The highest BCUT2D eigenvalue weighted by Crippen LogP contribution is 2.21. The van der Waals surface area contributed by atoms with E-state index in [9.17, 15) is 9.59 Å². The Kier molecular flexibility index (Phi) is 5.50. The fourth-order valence-electron chi connectivity index (χ4n) is 3.22. The van der Waals surface area contributed by atoms with Crippen molar-refractivity contribution in [1.82, 2.24) is 9.80 Å². The Morgan fingerprint density at radius 3 is 2.56 bits per heavy atom. The number of aryl methyl sites for hydroxylation is 1. The normalized spacial score (nSPS) is 16.2. The number of nitrogens with zero attached hydrogens (tertiary/aromatic N) is 2. The molecule has 0 bridgehead atoms. The van der Waals surface area contributed by atoms with Crippen molar-refractivity contribution in [3.8, 4) is 0 Å². The summed E-state index contributed by atoms with van der Waals surface area (Å²) in [5.41, 5.74) is 2.56. The zero-order chi connectivity index (χ0) is 17.8. The third-order valence-corrected chi connectivity index (χ3v) is 4.74. The van der Waals surface area contributed by atoms with Gasteiger partial charge in [0.15, 0.2) is 0 Å². The average Bonchev–Trinajstić information content (AvgIpc) is 2.62. The van der Waals surface area contributed by atoms with Gasteiger partial charge in [0.25, 0.3) is 0 Å². The van der Waals surface area contributed by atoms with Crippen LogP contribution in [0.2, 0.25) is 0 Å². The van der Waals surface area contributed by atoms with Crippen LogP contribution in [0, 0.1) is 0 Å². The second-order valence-electron chi connectivity index (χ2n) is 6.40. The molecule has 134 valence electrons. The predicted molar refractivity (Wildman–Crippen MR) is 95.6 cm³/mol. The Labute approximate surface area is 147 Å². The van der Waals surface area contributed by atoms with Crippen LogP contribution in [0.4, 0.5) is 0 Å². The second kappa shape index (κ2) is 7.80. The molecule has 6 heteroatoms. The topological polar surface area (TPSA) is 63.0 Å². The van der Waals surface area contributed by atoms with Crippen molar-refractivity contribution in [1.29, 1.82) is 0 Å². The van der Waals surface area contributed by atoms with Gasteiger partial charge in [-0.05, 0) is 29.7 Å². The van der Waals surface area contributed by atoms with Crippen LogP contribution < -0.4 is 5.63 Å². The molecular formula is C19H24N2O4. The van der Waals surface area contributed by atoms with Crippen LogP contribution in [0.5, 0.6) is 0 Å². The Morgan fingerprint density at radius 2 is 1.88 bits per heavy atom. The standard InChI is InChI=1S/C19H24N2O4/c1-3-14-4-5-17-16(10-14)15(11-18(22)25-17)12-20-6-8-21(9-7-20)13-19(23)24-2/h4-5,10-11H,3,6-9,12-13H2,1-2H3. The van der Waals surface area contributed by atoms with E-state index in [0.717, 1.165) is 43.5 Å². The molecule has 0 unspecified atom stereocenters. The molecule has 6 nitrogen and oxygen atoms in total. The maximum Gasteiger partial charge on any atom is 0.336 e. The number of esters is 1. The third kappa shape index (κ3) is 4.27. The van der Waals surface area contributed by atoms with Crippen molar-refractivity contribution in [2.24, 2.45) is 0 Å². The maximum atomic E-state index is 11.9. The van der Waals surface area contributed by atoms with Crippen LogP contribution >= 0.6 is 0 Å². The summed E-state index contributed by atoms with van der Waals surface area (Å²) in [5, 5.41) is 1.01. The molecule has 2 aromatic rings. The Bertz CT molecular complexity index is 807. The number of carbonyl (C=O) groups is 1. The van der Waals surface area contributed by atoms with Crippen molar-refractivity contribution in [2.75, 3.05) is 39.8 Å². The van der Waals surface area contributed by atoms with Crippen molar-refractivity contribution in [2.45, 2.75) is 19.9 Å². The van der Waals surface area contributed by atoms with Gasteiger partial charge in [-0.15, -0.1) is 0 Å².